The average Bonchev–Trinajstić information content (AvgIpc) is 2.37. The Balaban J connectivity index is 2.25. The number of esters is 1. The van der Waals surface area contributed by atoms with E-state index in [9.17, 15) is 13.6 Å². The summed E-state index contributed by atoms with van der Waals surface area (Å²) in [5.41, 5.74) is 6.28. The first-order valence-electron chi connectivity index (χ1n) is 6.26. The zero-order valence-electron chi connectivity index (χ0n) is 11.0. The molecule has 0 amide bonds. The lowest BCUT2D eigenvalue weighted by Gasteiger charge is -2.28. The number of nitrogens with two attached hydrogens (primary N) is 1. The van der Waals surface area contributed by atoms with Gasteiger partial charge in [-0.15, -0.1) is 0 Å². The molecule has 0 aliphatic heterocycles. The van der Waals surface area contributed by atoms with Crippen LogP contribution in [-0.2, 0) is 4.74 Å². The molecule has 1 fully saturated rings. The van der Waals surface area contributed by atoms with E-state index in [0.29, 0.717) is 18.5 Å². The molecule has 0 spiro atoms. The number of anilines is 1. The van der Waals surface area contributed by atoms with Gasteiger partial charge in [0.05, 0.1) is 12.1 Å². The Morgan fingerprint density at radius 3 is 2.60 bits per heavy atom. The standard InChI is InChI=1S/C13H15ClF2N2O2/c1-20-12(19)10-8(14)6-9(18-11(10)17)7-2-4-13(15,16)5-3-7/h6-7H,2-5H2,1H3,(H2,17,18). The van der Waals surface area contributed by atoms with Gasteiger partial charge in [0.1, 0.15) is 11.4 Å². The third kappa shape index (κ3) is 3.00. The summed E-state index contributed by atoms with van der Waals surface area (Å²) in [5.74, 6) is -3.41. The molecule has 1 saturated carbocycles. The number of alkyl halides is 2. The second-order valence-electron chi connectivity index (χ2n) is 4.91. The van der Waals surface area contributed by atoms with Crippen molar-refractivity contribution in [3.05, 3.63) is 22.3 Å². The van der Waals surface area contributed by atoms with Crippen molar-refractivity contribution < 1.29 is 18.3 Å². The van der Waals surface area contributed by atoms with Crippen LogP contribution in [-0.4, -0.2) is 24.0 Å². The largest absolute Gasteiger partial charge is 0.465 e. The second kappa shape index (κ2) is 5.52. The number of ether oxygens (including phenoxy) is 1. The van der Waals surface area contributed by atoms with E-state index < -0.39 is 11.9 Å². The Morgan fingerprint density at radius 1 is 1.50 bits per heavy atom. The average molecular weight is 305 g/mol. The van der Waals surface area contributed by atoms with Gasteiger partial charge < -0.3 is 10.5 Å². The quantitative estimate of drug-likeness (QED) is 0.851. The lowest BCUT2D eigenvalue weighted by molar-refractivity contribution is -0.0384. The van der Waals surface area contributed by atoms with Crippen molar-refractivity contribution in [2.24, 2.45) is 0 Å². The minimum Gasteiger partial charge on any atom is -0.465 e. The monoisotopic (exact) mass is 304 g/mol. The number of aromatic nitrogens is 1. The van der Waals surface area contributed by atoms with Crippen molar-refractivity contribution in [2.75, 3.05) is 12.8 Å². The summed E-state index contributed by atoms with van der Waals surface area (Å²) in [6, 6.07) is 1.51. The third-order valence-electron chi connectivity index (χ3n) is 3.54. The van der Waals surface area contributed by atoms with Crippen molar-refractivity contribution in [2.45, 2.75) is 37.5 Å². The molecule has 0 radical (unpaired) electrons. The number of nitrogen functional groups attached to an aromatic ring is 1. The van der Waals surface area contributed by atoms with Gasteiger partial charge in [0.25, 0.3) is 0 Å². The number of carbonyl (C=O) groups excluding carboxylic acids is 1. The van der Waals surface area contributed by atoms with Crippen LogP contribution in [0, 0.1) is 0 Å². The molecule has 20 heavy (non-hydrogen) atoms. The van der Waals surface area contributed by atoms with E-state index in [1.807, 2.05) is 0 Å². The highest BCUT2D eigenvalue weighted by molar-refractivity contribution is 6.34. The Bertz CT molecular complexity index is 504. The fourth-order valence-corrected chi connectivity index (χ4v) is 2.69. The smallest absolute Gasteiger partial charge is 0.343 e. The first-order valence-corrected chi connectivity index (χ1v) is 6.64. The van der Waals surface area contributed by atoms with Crippen LogP contribution in [0.3, 0.4) is 0 Å². The van der Waals surface area contributed by atoms with Crippen molar-refractivity contribution in [3.63, 3.8) is 0 Å². The predicted molar refractivity (Wildman–Crippen MR) is 71.2 cm³/mol. The van der Waals surface area contributed by atoms with E-state index >= 15 is 0 Å². The molecule has 7 heteroatoms. The molecule has 0 aromatic carbocycles. The highest BCUT2D eigenvalue weighted by Crippen LogP contribution is 2.41. The minimum atomic E-state index is -2.60. The molecule has 0 atom stereocenters. The fourth-order valence-electron chi connectivity index (χ4n) is 2.40. The first-order chi connectivity index (χ1) is 9.34. The molecule has 1 aliphatic rings. The number of methoxy groups -OCH3 is 1. The van der Waals surface area contributed by atoms with Gasteiger partial charge in [-0.2, -0.15) is 0 Å². The lowest BCUT2D eigenvalue weighted by Crippen LogP contribution is -2.24. The van der Waals surface area contributed by atoms with E-state index in [2.05, 4.69) is 9.72 Å². The van der Waals surface area contributed by atoms with Gasteiger partial charge in [0.2, 0.25) is 5.92 Å². The summed E-state index contributed by atoms with van der Waals surface area (Å²) >= 11 is 6.01. The number of hydrogen-bond acceptors (Lipinski definition) is 4. The number of carbonyl (C=O) groups is 1. The number of hydrogen-bond donors (Lipinski definition) is 1. The first kappa shape index (κ1) is 15.0. The summed E-state index contributed by atoms with van der Waals surface area (Å²) in [6.07, 6.45) is 0.311. The van der Waals surface area contributed by atoms with Gasteiger partial charge in [-0.3, -0.25) is 0 Å². The van der Waals surface area contributed by atoms with E-state index in [4.69, 9.17) is 17.3 Å². The molecule has 2 N–H and O–H groups in total. The van der Waals surface area contributed by atoms with Gasteiger partial charge in [-0.25, -0.2) is 18.6 Å². The Labute approximate surface area is 120 Å². The maximum atomic E-state index is 13.1. The maximum absolute atomic E-state index is 13.1. The van der Waals surface area contributed by atoms with Gasteiger partial charge in [0, 0.05) is 24.5 Å². The molecule has 1 aliphatic carbocycles. The summed E-state index contributed by atoms with van der Waals surface area (Å²) in [7, 11) is 1.22. The van der Waals surface area contributed by atoms with Gasteiger partial charge >= 0.3 is 5.97 Å². The second-order valence-corrected chi connectivity index (χ2v) is 5.32. The summed E-state index contributed by atoms with van der Waals surface area (Å²) in [6.45, 7) is 0. The van der Waals surface area contributed by atoms with Crippen LogP contribution >= 0.6 is 11.6 Å². The fraction of sp³-hybridized carbons (Fsp3) is 0.538. The molecule has 1 aromatic rings. The SMILES string of the molecule is COC(=O)c1c(Cl)cc(C2CCC(F)(F)CC2)nc1N. The Hall–Kier alpha value is -1.43. The molecule has 0 saturated heterocycles. The number of nitrogens with zero attached hydrogens (tertiary/aromatic N) is 1. The van der Waals surface area contributed by atoms with E-state index in [0.717, 1.165) is 0 Å². The highest BCUT2D eigenvalue weighted by atomic mass is 35.5. The minimum absolute atomic E-state index is 0.0130. The molecule has 2 rings (SSSR count). The zero-order valence-corrected chi connectivity index (χ0v) is 11.7. The molecular weight excluding hydrogens is 290 g/mol. The van der Waals surface area contributed by atoms with Crippen molar-refractivity contribution in [1.29, 1.82) is 0 Å². The van der Waals surface area contributed by atoms with Crippen LogP contribution in [0.4, 0.5) is 14.6 Å². The molecular formula is C13H15ClF2N2O2. The normalized spacial score (nSPS) is 18.8. The van der Waals surface area contributed by atoms with Crippen molar-refractivity contribution >= 4 is 23.4 Å². The topological polar surface area (TPSA) is 65.2 Å². The van der Waals surface area contributed by atoms with Crippen LogP contribution < -0.4 is 5.73 Å². The molecule has 1 heterocycles. The molecule has 110 valence electrons. The zero-order chi connectivity index (χ0) is 14.9. The maximum Gasteiger partial charge on any atom is 0.343 e. The van der Waals surface area contributed by atoms with Crippen LogP contribution in [0.15, 0.2) is 6.07 Å². The summed E-state index contributed by atoms with van der Waals surface area (Å²) in [4.78, 5) is 15.6. The Morgan fingerprint density at radius 2 is 2.10 bits per heavy atom. The molecule has 1 aromatic heterocycles. The molecule has 0 unspecified atom stereocenters. The number of halogens is 3. The lowest BCUT2D eigenvalue weighted by atomic mass is 9.84. The van der Waals surface area contributed by atoms with Gasteiger partial charge in [-0.1, -0.05) is 11.6 Å². The molecule has 4 nitrogen and oxygen atoms in total. The van der Waals surface area contributed by atoms with E-state index in [-0.39, 0.29) is 35.2 Å². The van der Waals surface area contributed by atoms with Crippen LogP contribution in [0.5, 0.6) is 0 Å². The van der Waals surface area contributed by atoms with Crippen LogP contribution in [0.2, 0.25) is 5.02 Å². The Kier molecular flexibility index (Phi) is 4.13. The summed E-state index contributed by atoms with van der Waals surface area (Å²) < 4.78 is 30.8. The predicted octanol–water partition coefficient (Wildman–Crippen LogP) is 3.40. The molecule has 0 bridgehead atoms. The van der Waals surface area contributed by atoms with Gasteiger partial charge in [-0.05, 0) is 18.9 Å². The van der Waals surface area contributed by atoms with E-state index in [1.165, 1.54) is 13.2 Å². The highest BCUT2D eigenvalue weighted by Gasteiger charge is 2.36. The van der Waals surface area contributed by atoms with Crippen molar-refractivity contribution in [1.82, 2.24) is 4.98 Å². The van der Waals surface area contributed by atoms with Crippen molar-refractivity contribution in [3.8, 4) is 0 Å². The van der Waals surface area contributed by atoms with E-state index in [1.54, 1.807) is 0 Å². The number of pyridine rings is 1. The third-order valence-corrected chi connectivity index (χ3v) is 3.84. The van der Waals surface area contributed by atoms with Gasteiger partial charge in [0.15, 0.2) is 0 Å². The van der Waals surface area contributed by atoms with Crippen LogP contribution in [0.1, 0.15) is 47.7 Å². The summed E-state index contributed by atoms with van der Waals surface area (Å²) in [5, 5.41) is 0.136. The number of rotatable bonds is 2. The van der Waals surface area contributed by atoms with Crippen LogP contribution in [0.25, 0.3) is 0 Å².